The van der Waals surface area contributed by atoms with Crippen molar-refractivity contribution in [2.24, 2.45) is 5.92 Å². The zero-order valence-corrected chi connectivity index (χ0v) is 13.8. The molecule has 1 aromatic rings. The van der Waals surface area contributed by atoms with Crippen LogP contribution in [0.15, 0.2) is 28.7 Å². The fourth-order valence-electron chi connectivity index (χ4n) is 3.66. The van der Waals surface area contributed by atoms with Gasteiger partial charge in [0.05, 0.1) is 12.2 Å². The van der Waals surface area contributed by atoms with Gasteiger partial charge in [-0.1, -0.05) is 18.6 Å². The van der Waals surface area contributed by atoms with Gasteiger partial charge in [-0.3, -0.25) is 4.90 Å². The molecule has 0 radical (unpaired) electrons. The molecule has 0 spiro atoms. The Morgan fingerprint density at radius 3 is 2.86 bits per heavy atom. The van der Waals surface area contributed by atoms with Crippen molar-refractivity contribution in [3.05, 3.63) is 34.3 Å². The SMILES string of the molecule is O=C(OC[C@@H]1CCCN2CCCC[C@H]12)c1ccccc1Br. The normalized spacial score (nSPS) is 26.1. The molecule has 2 heterocycles. The minimum atomic E-state index is -0.213. The number of esters is 1. The molecule has 2 aliphatic heterocycles. The van der Waals surface area contributed by atoms with E-state index in [4.69, 9.17) is 4.74 Å². The van der Waals surface area contributed by atoms with Crippen LogP contribution in [0.2, 0.25) is 0 Å². The lowest BCUT2D eigenvalue weighted by Gasteiger charge is -2.44. The number of carbonyl (C=O) groups is 1. The van der Waals surface area contributed by atoms with Gasteiger partial charge >= 0.3 is 5.97 Å². The average Bonchev–Trinajstić information content (AvgIpc) is 2.53. The first-order chi connectivity index (χ1) is 10.3. The van der Waals surface area contributed by atoms with Crippen molar-refractivity contribution in [1.82, 2.24) is 4.90 Å². The summed E-state index contributed by atoms with van der Waals surface area (Å²) in [5.74, 6) is 0.292. The monoisotopic (exact) mass is 351 g/mol. The Balaban J connectivity index is 1.59. The molecule has 2 aliphatic rings. The van der Waals surface area contributed by atoms with Gasteiger partial charge in [0.25, 0.3) is 0 Å². The summed E-state index contributed by atoms with van der Waals surface area (Å²) in [6.45, 7) is 3.00. The number of hydrogen-bond acceptors (Lipinski definition) is 3. The molecular weight excluding hydrogens is 330 g/mol. The molecule has 0 unspecified atom stereocenters. The van der Waals surface area contributed by atoms with Gasteiger partial charge in [0, 0.05) is 16.4 Å². The van der Waals surface area contributed by atoms with Crippen molar-refractivity contribution in [2.45, 2.75) is 38.1 Å². The van der Waals surface area contributed by atoms with Gasteiger partial charge in [0.15, 0.2) is 0 Å². The molecule has 3 rings (SSSR count). The Morgan fingerprint density at radius 2 is 2.00 bits per heavy atom. The van der Waals surface area contributed by atoms with Crippen LogP contribution in [-0.2, 0) is 4.74 Å². The standard InChI is InChI=1S/C17H22BrNO2/c18-15-8-2-1-7-14(15)17(20)21-12-13-6-5-11-19-10-4-3-9-16(13)19/h1-2,7-8,13,16H,3-6,9-12H2/t13-,16+/m0/s1. The van der Waals surface area contributed by atoms with Crippen molar-refractivity contribution in [3.8, 4) is 0 Å². The topological polar surface area (TPSA) is 29.5 Å². The second-order valence-corrected chi connectivity index (χ2v) is 6.93. The van der Waals surface area contributed by atoms with Gasteiger partial charge in [0.1, 0.15) is 0 Å². The van der Waals surface area contributed by atoms with Gasteiger partial charge in [-0.25, -0.2) is 4.79 Å². The quantitative estimate of drug-likeness (QED) is 0.774. The maximum Gasteiger partial charge on any atom is 0.339 e. The Bertz CT molecular complexity index is 503. The van der Waals surface area contributed by atoms with Crippen LogP contribution in [0.1, 0.15) is 42.5 Å². The summed E-state index contributed by atoms with van der Waals surface area (Å²) in [5, 5.41) is 0. The van der Waals surface area contributed by atoms with E-state index in [9.17, 15) is 4.79 Å². The van der Waals surface area contributed by atoms with Gasteiger partial charge in [-0.05, 0) is 66.8 Å². The number of halogens is 1. The van der Waals surface area contributed by atoms with Crippen LogP contribution >= 0.6 is 15.9 Å². The van der Waals surface area contributed by atoms with E-state index in [1.807, 2.05) is 18.2 Å². The van der Waals surface area contributed by atoms with Gasteiger partial charge in [-0.2, -0.15) is 0 Å². The third kappa shape index (κ3) is 3.49. The number of hydrogen-bond donors (Lipinski definition) is 0. The zero-order chi connectivity index (χ0) is 14.7. The highest BCUT2D eigenvalue weighted by molar-refractivity contribution is 9.10. The molecule has 0 amide bonds. The molecule has 2 atom stereocenters. The second kappa shape index (κ2) is 6.93. The van der Waals surface area contributed by atoms with Crippen LogP contribution in [0, 0.1) is 5.92 Å². The predicted octanol–water partition coefficient (Wildman–Crippen LogP) is 3.87. The Morgan fingerprint density at radius 1 is 1.19 bits per heavy atom. The maximum atomic E-state index is 12.2. The molecule has 4 heteroatoms. The first-order valence-electron chi connectivity index (χ1n) is 7.91. The summed E-state index contributed by atoms with van der Waals surface area (Å²) in [6.07, 6.45) is 6.31. The van der Waals surface area contributed by atoms with Crippen LogP contribution in [0.25, 0.3) is 0 Å². The van der Waals surface area contributed by atoms with Gasteiger partial charge < -0.3 is 4.74 Å². The largest absolute Gasteiger partial charge is 0.462 e. The molecule has 0 saturated carbocycles. The van der Waals surface area contributed by atoms with E-state index in [0.717, 1.165) is 4.47 Å². The molecule has 21 heavy (non-hydrogen) atoms. The van der Waals surface area contributed by atoms with Gasteiger partial charge in [0.2, 0.25) is 0 Å². The minimum absolute atomic E-state index is 0.213. The van der Waals surface area contributed by atoms with E-state index in [1.54, 1.807) is 6.07 Å². The highest BCUT2D eigenvalue weighted by atomic mass is 79.9. The van der Waals surface area contributed by atoms with Crippen LogP contribution in [-0.4, -0.2) is 36.6 Å². The van der Waals surface area contributed by atoms with Crippen molar-refractivity contribution >= 4 is 21.9 Å². The van der Waals surface area contributed by atoms with Crippen LogP contribution in [0.4, 0.5) is 0 Å². The van der Waals surface area contributed by atoms with Crippen molar-refractivity contribution in [2.75, 3.05) is 19.7 Å². The van der Waals surface area contributed by atoms with Crippen molar-refractivity contribution in [3.63, 3.8) is 0 Å². The molecule has 0 bridgehead atoms. The average molecular weight is 352 g/mol. The van der Waals surface area contributed by atoms with Crippen molar-refractivity contribution in [1.29, 1.82) is 0 Å². The lowest BCUT2D eigenvalue weighted by molar-refractivity contribution is 0.00733. The molecule has 0 aromatic heterocycles. The van der Waals surface area contributed by atoms with E-state index in [-0.39, 0.29) is 5.97 Å². The number of benzene rings is 1. The Hall–Kier alpha value is -0.870. The lowest BCUT2D eigenvalue weighted by atomic mass is 9.84. The summed E-state index contributed by atoms with van der Waals surface area (Å²) in [5.41, 5.74) is 0.619. The van der Waals surface area contributed by atoms with E-state index in [2.05, 4.69) is 20.8 Å². The molecular formula is C17H22BrNO2. The molecule has 114 valence electrons. The highest BCUT2D eigenvalue weighted by Crippen LogP contribution is 2.31. The third-order valence-electron chi connectivity index (χ3n) is 4.75. The highest BCUT2D eigenvalue weighted by Gasteiger charge is 2.33. The molecule has 1 aromatic carbocycles. The lowest BCUT2D eigenvalue weighted by Crippen LogP contribution is -2.49. The summed E-state index contributed by atoms with van der Waals surface area (Å²) in [7, 11) is 0. The Kier molecular flexibility index (Phi) is 4.96. The van der Waals surface area contributed by atoms with E-state index in [0.29, 0.717) is 24.1 Å². The molecule has 0 N–H and O–H groups in total. The summed E-state index contributed by atoms with van der Waals surface area (Å²) >= 11 is 3.41. The predicted molar refractivity (Wildman–Crippen MR) is 86.4 cm³/mol. The number of piperidine rings is 2. The number of rotatable bonds is 3. The molecule has 0 aliphatic carbocycles. The molecule has 2 fully saturated rings. The fourth-order valence-corrected chi connectivity index (χ4v) is 4.11. The van der Waals surface area contributed by atoms with E-state index in [1.165, 1.54) is 45.2 Å². The molecule has 2 saturated heterocycles. The first kappa shape index (κ1) is 15.0. The van der Waals surface area contributed by atoms with Crippen LogP contribution < -0.4 is 0 Å². The Labute approximate surface area is 134 Å². The number of carbonyl (C=O) groups excluding carboxylic acids is 1. The third-order valence-corrected chi connectivity index (χ3v) is 5.44. The van der Waals surface area contributed by atoms with Crippen LogP contribution in [0.3, 0.4) is 0 Å². The summed E-state index contributed by atoms with van der Waals surface area (Å²) < 4.78 is 6.41. The zero-order valence-electron chi connectivity index (χ0n) is 12.3. The number of ether oxygens (including phenoxy) is 1. The van der Waals surface area contributed by atoms with E-state index >= 15 is 0 Å². The van der Waals surface area contributed by atoms with Crippen LogP contribution in [0.5, 0.6) is 0 Å². The first-order valence-corrected chi connectivity index (χ1v) is 8.70. The number of fused-ring (bicyclic) bond motifs is 1. The minimum Gasteiger partial charge on any atom is -0.462 e. The van der Waals surface area contributed by atoms with E-state index < -0.39 is 0 Å². The summed E-state index contributed by atoms with van der Waals surface area (Å²) in [6, 6.07) is 8.08. The maximum absolute atomic E-state index is 12.2. The van der Waals surface area contributed by atoms with Gasteiger partial charge in [-0.15, -0.1) is 0 Å². The number of nitrogens with zero attached hydrogens (tertiary/aromatic N) is 1. The fraction of sp³-hybridized carbons (Fsp3) is 0.588. The smallest absolute Gasteiger partial charge is 0.339 e. The second-order valence-electron chi connectivity index (χ2n) is 6.08. The summed E-state index contributed by atoms with van der Waals surface area (Å²) in [4.78, 5) is 14.8. The van der Waals surface area contributed by atoms with Crippen molar-refractivity contribution < 1.29 is 9.53 Å². The molecule has 3 nitrogen and oxygen atoms in total.